The van der Waals surface area contributed by atoms with Crippen molar-refractivity contribution >= 4 is 17.4 Å². The summed E-state index contributed by atoms with van der Waals surface area (Å²) in [7, 11) is 1.62. The van der Waals surface area contributed by atoms with E-state index >= 15 is 0 Å². The Labute approximate surface area is 110 Å². The van der Waals surface area contributed by atoms with Crippen molar-refractivity contribution in [3.8, 4) is 0 Å². The topological polar surface area (TPSA) is 59.2 Å². The fourth-order valence-corrected chi connectivity index (χ4v) is 1.66. The Bertz CT molecular complexity index is 583. The molecule has 1 heterocycles. The molecule has 2 aromatic rings. The van der Waals surface area contributed by atoms with Gasteiger partial charge in [-0.1, -0.05) is 18.2 Å². The maximum absolute atomic E-state index is 13.5. The van der Waals surface area contributed by atoms with Gasteiger partial charge in [0.05, 0.1) is 18.3 Å². The van der Waals surface area contributed by atoms with Gasteiger partial charge >= 0.3 is 0 Å². The van der Waals surface area contributed by atoms with E-state index < -0.39 is 0 Å². The number of halogens is 1. The van der Waals surface area contributed by atoms with Crippen LogP contribution >= 0.6 is 0 Å². The Hall–Kier alpha value is -2.43. The van der Waals surface area contributed by atoms with Gasteiger partial charge in [0.25, 0.3) is 0 Å². The third-order valence-corrected chi connectivity index (χ3v) is 2.83. The summed E-state index contributed by atoms with van der Waals surface area (Å²) in [5, 5.41) is 0. The molecule has 5 heteroatoms. The van der Waals surface area contributed by atoms with E-state index in [-0.39, 0.29) is 18.1 Å². The summed E-state index contributed by atoms with van der Waals surface area (Å²) in [6, 6.07) is 9.55. The molecule has 4 nitrogen and oxygen atoms in total. The lowest BCUT2D eigenvalue weighted by Gasteiger charge is -2.17. The molecule has 0 spiro atoms. The number of carbonyl (C=O) groups is 1. The summed E-state index contributed by atoms with van der Waals surface area (Å²) in [6.07, 6.45) is 1.52. The van der Waals surface area contributed by atoms with E-state index in [9.17, 15) is 9.18 Å². The third-order valence-electron chi connectivity index (χ3n) is 2.83. The molecule has 0 atom stereocenters. The number of hydrogen-bond donors (Lipinski definition) is 1. The Morgan fingerprint density at radius 2 is 2.05 bits per heavy atom. The molecular weight excluding hydrogens is 245 g/mol. The number of rotatable bonds is 3. The standard InChI is InChI=1S/C14H14FN3O/c1-18(11-6-7-13(16)17-9-11)14(19)8-10-4-2-3-5-12(10)15/h2-7,9H,8H2,1H3,(H2,16,17). The SMILES string of the molecule is CN(C(=O)Cc1ccccc1F)c1ccc(N)nc1. The largest absolute Gasteiger partial charge is 0.384 e. The van der Waals surface area contributed by atoms with Crippen molar-refractivity contribution in [2.75, 3.05) is 17.7 Å². The molecule has 1 aromatic carbocycles. The van der Waals surface area contributed by atoms with Crippen molar-refractivity contribution in [1.29, 1.82) is 0 Å². The molecule has 98 valence electrons. The molecule has 0 aliphatic carbocycles. The first kappa shape index (κ1) is 13.0. The van der Waals surface area contributed by atoms with Crippen molar-refractivity contribution in [2.24, 2.45) is 0 Å². The second kappa shape index (κ2) is 5.48. The fourth-order valence-electron chi connectivity index (χ4n) is 1.66. The normalized spacial score (nSPS) is 10.2. The van der Waals surface area contributed by atoms with E-state index in [0.717, 1.165) is 0 Å². The van der Waals surface area contributed by atoms with Crippen LogP contribution in [0, 0.1) is 5.82 Å². The lowest BCUT2D eigenvalue weighted by Crippen LogP contribution is -2.28. The number of anilines is 2. The highest BCUT2D eigenvalue weighted by atomic mass is 19.1. The lowest BCUT2D eigenvalue weighted by atomic mass is 10.1. The minimum absolute atomic E-state index is 0.00749. The third kappa shape index (κ3) is 3.07. The number of nitrogens with two attached hydrogens (primary N) is 1. The zero-order chi connectivity index (χ0) is 13.8. The molecule has 0 saturated carbocycles. The van der Waals surface area contributed by atoms with Crippen molar-refractivity contribution in [2.45, 2.75) is 6.42 Å². The Morgan fingerprint density at radius 3 is 2.68 bits per heavy atom. The van der Waals surface area contributed by atoms with Crippen LogP contribution in [-0.4, -0.2) is 17.9 Å². The minimum atomic E-state index is -0.375. The second-order valence-corrected chi connectivity index (χ2v) is 4.16. The molecule has 1 amide bonds. The number of nitrogen functional groups attached to an aromatic ring is 1. The summed E-state index contributed by atoms with van der Waals surface area (Å²) < 4.78 is 13.5. The number of benzene rings is 1. The maximum Gasteiger partial charge on any atom is 0.231 e. The van der Waals surface area contributed by atoms with Gasteiger partial charge in [-0.3, -0.25) is 4.79 Å². The number of likely N-dealkylation sites (N-methyl/N-ethyl adjacent to an activating group) is 1. The number of hydrogen-bond acceptors (Lipinski definition) is 3. The molecule has 19 heavy (non-hydrogen) atoms. The highest BCUT2D eigenvalue weighted by Crippen LogP contribution is 2.15. The van der Waals surface area contributed by atoms with Gasteiger partial charge < -0.3 is 10.6 Å². The van der Waals surface area contributed by atoms with Gasteiger partial charge in [0.2, 0.25) is 5.91 Å². The summed E-state index contributed by atoms with van der Waals surface area (Å²) >= 11 is 0. The van der Waals surface area contributed by atoms with Crippen molar-refractivity contribution in [3.05, 3.63) is 54.0 Å². The Morgan fingerprint density at radius 1 is 1.32 bits per heavy atom. The summed E-state index contributed by atoms with van der Waals surface area (Å²) in [4.78, 5) is 17.4. The van der Waals surface area contributed by atoms with Gasteiger partial charge in [-0.25, -0.2) is 9.37 Å². The van der Waals surface area contributed by atoms with Crippen molar-refractivity contribution in [3.63, 3.8) is 0 Å². The van der Waals surface area contributed by atoms with Crippen LogP contribution < -0.4 is 10.6 Å². The molecular formula is C14H14FN3O. The van der Waals surface area contributed by atoms with Gasteiger partial charge in [0, 0.05) is 7.05 Å². The van der Waals surface area contributed by atoms with Crippen molar-refractivity contribution in [1.82, 2.24) is 4.98 Å². The molecule has 0 saturated heterocycles. The van der Waals surface area contributed by atoms with Crippen LogP contribution in [0.2, 0.25) is 0 Å². The van der Waals surface area contributed by atoms with E-state index in [1.54, 1.807) is 37.4 Å². The van der Waals surface area contributed by atoms with Gasteiger partial charge in [0.15, 0.2) is 0 Å². The van der Waals surface area contributed by atoms with Gasteiger partial charge in [-0.15, -0.1) is 0 Å². The summed E-state index contributed by atoms with van der Waals surface area (Å²) in [5.41, 5.74) is 6.48. The van der Waals surface area contributed by atoms with E-state index in [1.165, 1.54) is 17.2 Å². The molecule has 0 radical (unpaired) electrons. The van der Waals surface area contributed by atoms with Crippen LogP contribution in [0.1, 0.15) is 5.56 Å². The van der Waals surface area contributed by atoms with E-state index in [4.69, 9.17) is 5.73 Å². The number of carbonyl (C=O) groups excluding carboxylic acids is 1. The average Bonchev–Trinajstić information content (AvgIpc) is 2.41. The van der Waals surface area contributed by atoms with Gasteiger partial charge in [-0.05, 0) is 23.8 Å². The Balaban J connectivity index is 2.12. The van der Waals surface area contributed by atoms with Crippen molar-refractivity contribution < 1.29 is 9.18 Å². The fraction of sp³-hybridized carbons (Fsp3) is 0.143. The van der Waals surface area contributed by atoms with E-state index in [1.807, 2.05) is 0 Å². The van der Waals surface area contributed by atoms with E-state index in [0.29, 0.717) is 17.1 Å². The average molecular weight is 259 g/mol. The second-order valence-electron chi connectivity index (χ2n) is 4.16. The van der Waals surface area contributed by atoms with Gasteiger partial charge in [-0.2, -0.15) is 0 Å². The summed E-state index contributed by atoms with van der Waals surface area (Å²) in [6.45, 7) is 0. The predicted molar refractivity (Wildman–Crippen MR) is 72.2 cm³/mol. The highest BCUT2D eigenvalue weighted by Gasteiger charge is 2.13. The summed E-state index contributed by atoms with van der Waals surface area (Å²) in [5.74, 6) is -0.199. The lowest BCUT2D eigenvalue weighted by molar-refractivity contribution is -0.117. The number of nitrogens with zero attached hydrogens (tertiary/aromatic N) is 2. The Kier molecular flexibility index (Phi) is 3.75. The predicted octanol–water partition coefficient (Wildman–Crippen LogP) is 2.01. The zero-order valence-electron chi connectivity index (χ0n) is 10.5. The molecule has 1 aromatic heterocycles. The van der Waals surface area contributed by atoms with Crippen LogP contribution in [0.25, 0.3) is 0 Å². The molecule has 0 unspecified atom stereocenters. The molecule has 0 aliphatic heterocycles. The molecule has 2 rings (SSSR count). The first-order valence-electron chi connectivity index (χ1n) is 5.79. The van der Waals surface area contributed by atoms with Crippen LogP contribution in [0.5, 0.6) is 0 Å². The quantitative estimate of drug-likeness (QED) is 0.917. The first-order chi connectivity index (χ1) is 9.08. The highest BCUT2D eigenvalue weighted by molar-refractivity contribution is 5.94. The van der Waals surface area contributed by atoms with Gasteiger partial charge in [0.1, 0.15) is 11.6 Å². The van der Waals surface area contributed by atoms with E-state index in [2.05, 4.69) is 4.98 Å². The van der Waals surface area contributed by atoms with Crippen LogP contribution in [0.3, 0.4) is 0 Å². The maximum atomic E-state index is 13.5. The molecule has 0 fully saturated rings. The molecule has 0 bridgehead atoms. The smallest absolute Gasteiger partial charge is 0.231 e. The monoisotopic (exact) mass is 259 g/mol. The van der Waals surface area contributed by atoms with Crippen LogP contribution in [0.15, 0.2) is 42.6 Å². The van der Waals surface area contributed by atoms with Crippen LogP contribution in [0.4, 0.5) is 15.9 Å². The number of amides is 1. The molecule has 0 aliphatic rings. The first-order valence-corrected chi connectivity index (χ1v) is 5.79. The van der Waals surface area contributed by atoms with Crippen LogP contribution in [-0.2, 0) is 11.2 Å². The zero-order valence-corrected chi connectivity index (χ0v) is 10.5. The number of pyridine rings is 1. The minimum Gasteiger partial charge on any atom is -0.384 e. The number of aromatic nitrogens is 1. The molecule has 2 N–H and O–H groups in total.